The van der Waals surface area contributed by atoms with Gasteiger partial charge in [-0.1, -0.05) is 11.6 Å². The third-order valence-electron chi connectivity index (χ3n) is 1.58. The Hall–Kier alpha value is -0.690. The second-order valence-corrected chi connectivity index (χ2v) is 2.89. The fourth-order valence-corrected chi connectivity index (χ4v) is 1.10. The lowest BCUT2D eigenvalue weighted by molar-refractivity contribution is 0.472. The van der Waals surface area contributed by atoms with Gasteiger partial charge in [0.2, 0.25) is 0 Å². The molecule has 0 aliphatic carbocycles. The maximum atomic E-state index is 5.93. The molecule has 1 aromatic carbocycles. The van der Waals surface area contributed by atoms with Gasteiger partial charge < -0.3 is 4.74 Å². The summed E-state index contributed by atoms with van der Waals surface area (Å²) >= 11 is 5.93. The van der Waals surface area contributed by atoms with Gasteiger partial charge in [0.15, 0.2) is 0 Å². The minimum atomic E-state index is 0.754. The summed E-state index contributed by atoms with van der Waals surface area (Å²) < 4.78 is 4.82. The molecular weight excluding hydrogens is 160 g/mol. The van der Waals surface area contributed by atoms with E-state index in [9.17, 15) is 0 Å². The summed E-state index contributed by atoms with van der Waals surface area (Å²) in [5.74, 6) is 0.754. The minimum absolute atomic E-state index is 0.754. The topological polar surface area (TPSA) is 9.23 Å². The average Bonchev–Trinajstić information content (AvgIpc) is 1.99. The van der Waals surface area contributed by atoms with E-state index in [1.807, 2.05) is 26.0 Å². The van der Waals surface area contributed by atoms with E-state index in [1.165, 1.54) is 0 Å². The Kier molecular flexibility index (Phi) is 2.40. The molecule has 0 aliphatic rings. The van der Waals surface area contributed by atoms with Crippen LogP contribution in [-0.2, 0) is 0 Å². The molecule has 1 radical (unpaired) electrons. The zero-order valence-corrected chi connectivity index (χ0v) is 7.40. The molecular formula is C9H10ClO. The van der Waals surface area contributed by atoms with E-state index in [0.717, 1.165) is 21.9 Å². The molecule has 1 nitrogen and oxygen atoms in total. The molecule has 1 rings (SSSR count). The molecule has 0 unspecified atom stereocenters. The summed E-state index contributed by atoms with van der Waals surface area (Å²) in [5.41, 5.74) is 2.04. The lowest BCUT2D eigenvalue weighted by Crippen LogP contribution is -1.85. The maximum absolute atomic E-state index is 5.93. The van der Waals surface area contributed by atoms with Crippen molar-refractivity contribution in [1.82, 2.24) is 0 Å². The first kappa shape index (κ1) is 8.41. The molecule has 0 saturated heterocycles. The normalized spacial score (nSPS) is 9.82. The van der Waals surface area contributed by atoms with Crippen LogP contribution in [0.25, 0.3) is 0 Å². The number of aryl methyl sites for hydroxylation is 2. The molecule has 0 heterocycles. The Morgan fingerprint density at radius 1 is 1.27 bits per heavy atom. The smallest absolute Gasteiger partial charge is 0.122 e. The zero-order valence-electron chi connectivity index (χ0n) is 6.65. The highest BCUT2D eigenvalue weighted by molar-refractivity contribution is 6.32. The zero-order chi connectivity index (χ0) is 8.43. The number of ether oxygens (including phenoxy) is 1. The first-order valence-electron chi connectivity index (χ1n) is 3.34. The molecule has 0 atom stereocenters. The van der Waals surface area contributed by atoms with E-state index in [4.69, 9.17) is 16.3 Å². The standard InChI is InChI=1S/C9H10ClO/c1-6-4-8(11-3)5-7(2)9(6)10/h4-5H,3H2,1-2H3. The van der Waals surface area contributed by atoms with Crippen LogP contribution in [0.5, 0.6) is 5.75 Å². The number of benzene rings is 1. The maximum Gasteiger partial charge on any atom is 0.122 e. The minimum Gasteiger partial charge on any atom is -0.490 e. The van der Waals surface area contributed by atoms with Gasteiger partial charge >= 0.3 is 0 Å². The predicted molar refractivity (Wildman–Crippen MR) is 46.9 cm³/mol. The van der Waals surface area contributed by atoms with Crippen LogP contribution in [0.1, 0.15) is 11.1 Å². The molecule has 59 valence electrons. The Morgan fingerprint density at radius 2 is 1.73 bits per heavy atom. The van der Waals surface area contributed by atoms with Gasteiger partial charge in [-0.25, -0.2) is 0 Å². The Bertz CT molecular complexity index is 245. The predicted octanol–water partition coefficient (Wildman–Crippen LogP) is 3.13. The summed E-state index contributed by atoms with van der Waals surface area (Å²) in [6, 6.07) is 3.73. The van der Waals surface area contributed by atoms with Crippen molar-refractivity contribution in [3.63, 3.8) is 0 Å². The highest BCUT2D eigenvalue weighted by Crippen LogP contribution is 2.25. The molecule has 0 aliphatic heterocycles. The lowest BCUT2D eigenvalue weighted by atomic mass is 10.1. The number of hydrogen-bond donors (Lipinski definition) is 0. The van der Waals surface area contributed by atoms with Crippen molar-refractivity contribution in [1.29, 1.82) is 0 Å². The van der Waals surface area contributed by atoms with E-state index in [1.54, 1.807) is 0 Å². The van der Waals surface area contributed by atoms with Crippen LogP contribution >= 0.6 is 11.6 Å². The number of rotatable bonds is 1. The first-order valence-corrected chi connectivity index (χ1v) is 3.71. The van der Waals surface area contributed by atoms with E-state index in [2.05, 4.69) is 7.11 Å². The van der Waals surface area contributed by atoms with Crippen molar-refractivity contribution in [2.24, 2.45) is 0 Å². The first-order chi connectivity index (χ1) is 5.15. The molecule has 0 spiro atoms. The molecule has 0 saturated carbocycles. The van der Waals surface area contributed by atoms with Crippen LogP contribution < -0.4 is 4.74 Å². The largest absolute Gasteiger partial charge is 0.490 e. The third kappa shape index (κ3) is 1.66. The Labute approximate surface area is 71.9 Å². The molecule has 11 heavy (non-hydrogen) atoms. The van der Waals surface area contributed by atoms with Crippen molar-refractivity contribution in [3.8, 4) is 5.75 Å². The summed E-state index contributed by atoms with van der Waals surface area (Å²) in [6.07, 6.45) is 0. The van der Waals surface area contributed by atoms with Gasteiger partial charge in [-0.2, -0.15) is 0 Å². The van der Waals surface area contributed by atoms with Crippen LogP contribution in [0.2, 0.25) is 5.02 Å². The van der Waals surface area contributed by atoms with Gasteiger partial charge in [-0.15, -0.1) is 0 Å². The second kappa shape index (κ2) is 3.14. The Morgan fingerprint density at radius 3 is 2.09 bits per heavy atom. The van der Waals surface area contributed by atoms with Crippen molar-refractivity contribution in [2.75, 3.05) is 0 Å². The molecule has 2 heteroatoms. The monoisotopic (exact) mass is 169 g/mol. The van der Waals surface area contributed by atoms with Crippen LogP contribution in [-0.4, -0.2) is 0 Å². The third-order valence-corrected chi connectivity index (χ3v) is 2.17. The van der Waals surface area contributed by atoms with Crippen LogP contribution in [0.3, 0.4) is 0 Å². The molecule has 1 aromatic rings. The van der Waals surface area contributed by atoms with Gasteiger partial charge in [0.05, 0.1) is 0 Å². The van der Waals surface area contributed by atoms with Crippen molar-refractivity contribution < 1.29 is 4.74 Å². The van der Waals surface area contributed by atoms with E-state index in [-0.39, 0.29) is 0 Å². The SMILES string of the molecule is [CH2]Oc1cc(C)c(Cl)c(C)c1. The molecule has 0 N–H and O–H groups in total. The summed E-state index contributed by atoms with van der Waals surface area (Å²) in [6.45, 7) is 3.88. The van der Waals surface area contributed by atoms with Gasteiger partial charge in [-0.3, -0.25) is 0 Å². The van der Waals surface area contributed by atoms with Crippen LogP contribution in [0.4, 0.5) is 0 Å². The van der Waals surface area contributed by atoms with E-state index in [0.29, 0.717) is 0 Å². The van der Waals surface area contributed by atoms with Crippen molar-refractivity contribution >= 4 is 11.6 Å². The van der Waals surface area contributed by atoms with Gasteiger partial charge in [-0.05, 0) is 37.1 Å². The fraction of sp³-hybridized carbons (Fsp3) is 0.222. The number of halogens is 1. The molecule has 0 amide bonds. The molecule has 0 aromatic heterocycles. The van der Waals surface area contributed by atoms with Gasteiger partial charge in [0.25, 0.3) is 0 Å². The second-order valence-electron chi connectivity index (χ2n) is 2.52. The Balaban J connectivity index is 3.21. The van der Waals surface area contributed by atoms with Crippen LogP contribution in [0, 0.1) is 21.0 Å². The lowest BCUT2D eigenvalue weighted by Gasteiger charge is -2.05. The average molecular weight is 170 g/mol. The highest BCUT2D eigenvalue weighted by atomic mass is 35.5. The summed E-state index contributed by atoms with van der Waals surface area (Å²) in [4.78, 5) is 0. The summed E-state index contributed by atoms with van der Waals surface area (Å²) in [7, 11) is 3.32. The molecule has 0 fully saturated rings. The van der Waals surface area contributed by atoms with Crippen molar-refractivity contribution in [2.45, 2.75) is 13.8 Å². The van der Waals surface area contributed by atoms with Crippen LogP contribution in [0.15, 0.2) is 12.1 Å². The van der Waals surface area contributed by atoms with Gasteiger partial charge in [0.1, 0.15) is 12.9 Å². The quantitative estimate of drug-likeness (QED) is 0.628. The van der Waals surface area contributed by atoms with E-state index < -0.39 is 0 Å². The molecule has 0 bridgehead atoms. The van der Waals surface area contributed by atoms with Crippen molar-refractivity contribution in [3.05, 3.63) is 35.4 Å². The summed E-state index contributed by atoms with van der Waals surface area (Å²) in [5, 5.41) is 0.797. The number of hydrogen-bond acceptors (Lipinski definition) is 1. The van der Waals surface area contributed by atoms with E-state index >= 15 is 0 Å². The highest BCUT2D eigenvalue weighted by Gasteiger charge is 2.01. The fourth-order valence-electron chi connectivity index (χ4n) is 0.990. The van der Waals surface area contributed by atoms with Gasteiger partial charge in [0, 0.05) is 5.02 Å².